The highest BCUT2D eigenvalue weighted by atomic mass is 16.5. The Kier molecular flexibility index (Phi) is 2.92. The Labute approximate surface area is 72.7 Å². The zero-order chi connectivity index (χ0) is 9.03. The van der Waals surface area contributed by atoms with Crippen LogP contribution in [0.4, 0.5) is 4.79 Å². The largest absolute Gasteiger partial charge is 0.453 e. The van der Waals surface area contributed by atoms with E-state index in [1.165, 1.54) is 13.5 Å². The lowest BCUT2D eigenvalue weighted by atomic mass is 10.0. The van der Waals surface area contributed by atoms with E-state index in [9.17, 15) is 4.79 Å². The fourth-order valence-corrected chi connectivity index (χ4v) is 1.45. The lowest BCUT2D eigenvalue weighted by Gasteiger charge is -2.23. The second-order valence-corrected chi connectivity index (χ2v) is 3.44. The van der Waals surface area contributed by atoms with E-state index in [0.29, 0.717) is 6.54 Å². The molecule has 4 nitrogen and oxygen atoms in total. The summed E-state index contributed by atoms with van der Waals surface area (Å²) >= 11 is 0. The summed E-state index contributed by atoms with van der Waals surface area (Å²) < 4.78 is 4.48. The summed E-state index contributed by atoms with van der Waals surface area (Å²) in [6, 6.07) is 0. The lowest BCUT2D eigenvalue weighted by molar-refractivity contribution is 0.167. The van der Waals surface area contributed by atoms with Crippen molar-refractivity contribution in [3.05, 3.63) is 0 Å². The normalized spacial score (nSPS) is 28.5. The quantitative estimate of drug-likeness (QED) is 0.637. The van der Waals surface area contributed by atoms with Gasteiger partial charge in [0.1, 0.15) is 0 Å². The van der Waals surface area contributed by atoms with Crippen molar-refractivity contribution in [2.45, 2.75) is 25.3 Å². The van der Waals surface area contributed by atoms with Crippen molar-refractivity contribution in [2.24, 2.45) is 0 Å². The predicted octanol–water partition coefficient (Wildman–Crippen LogP) is 0.484. The Balaban J connectivity index is 2.25. The minimum absolute atomic E-state index is 0.0637. The molecule has 1 fully saturated rings. The molecule has 0 spiro atoms. The van der Waals surface area contributed by atoms with Gasteiger partial charge in [-0.1, -0.05) is 0 Å². The fourth-order valence-electron chi connectivity index (χ4n) is 1.45. The van der Waals surface area contributed by atoms with Gasteiger partial charge in [0.25, 0.3) is 0 Å². The third-order valence-corrected chi connectivity index (χ3v) is 2.27. The molecule has 0 aliphatic carbocycles. The third-order valence-electron chi connectivity index (χ3n) is 2.27. The number of carbonyl (C=O) groups is 1. The van der Waals surface area contributed by atoms with Crippen molar-refractivity contribution in [3.63, 3.8) is 0 Å². The van der Waals surface area contributed by atoms with Crippen LogP contribution in [0.15, 0.2) is 0 Å². The van der Waals surface area contributed by atoms with Crippen molar-refractivity contribution < 1.29 is 9.53 Å². The third kappa shape index (κ3) is 2.37. The number of hydrogen-bond acceptors (Lipinski definition) is 3. The molecule has 0 aromatic rings. The summed E-state index contributed by atoms with van der Waals surface area (Å²) in [7, 11) is 1.37. The van der Waals surface area contributed by atoms with Crippen LogP contribution in [0.1, 0.15) is 19.8 Å². The molecule has 70 valence electrons. The number of hydrogen-bond donors (Lipinski definition) is 2. The number of carbonyl (C=O) groups excluding carboxylic acids is 1. The number of alkyl carbamates (subject to hydrolysis) is 1. The van der Waals surface area contributed by atoms with Crippen LogP contribution in [-0.4, -0.2) is 31.8 Å². The van der Waals surface area contributed by atoms with E-state index < -0.39 is 0 Å². The van der Waals surface area contributed by atoms with Gasteiger partial charge in [-0.25, -0.2) is 4.79 Å². The Hall–Kier alpha value is -0.770. The number of ether oxygens (including phenoxy) is 1. The van der Waals surface area contributed by atoms with Crippen molar-refractivity contribution in [2.75, 3.05) is 20.2 Å². The first-order valence-corrected chi connectivity index (χ1v) is 4.23. The molecule has 2 N–H and O–H groups in total. The monoisotopic (exact) mass is 172 g/mol. The molecule has 12 heavy (non-hydrogen) atoms. The summed E-state index contributed by atoms with van der Waals surface area (Å²) in [4.78, 5) is 10.7. The van der Waals surface area contributed by atoms with Crippen LogP contribution in [-0.2, 0) is 4.74 Å². The van der Waals surface area contributed by atoms with Crippen LogP contribution in [0.3, 0.4) is 0 Å². The Bertz CT molecular complexity index is 164. The summed E-state index contributed by atoms with van der Waals surface area (Å²) in [5, 5.41) is 6.03. The number of amides is 1. The van der Waals surface area contributed by atoms with E-state index in [0.717, 1.165) is 13.0 Å². The van der Waals surface area contributed by atoms with E-state index >= 15 is 0 Å². The van der Waals surface area contributed by atoms with Gasteiger partial charge in [-0.2, -0.15) is 0 Å². The molecule has 4 heteroatoms. The second kappa shape index (κ2) is 3.76. The molecule has 0 bridgehead atoms. The Morgan fingerprint density at radius 3 is 3.00 bits per heavy atom. The highest BCUT2D eigenvalue weighted by Gasteiger charge is 2.28. The molecular formula is C8H16N2O2. The van der Waals surface area contributed by atoms with Gasteiger partial charge in [0.05, 0.1) is 7.11 Å². The van der Waals surface area contributed by atoms with Crippen LogP contribution < -0.4 is 10.6 Å². The van der Waals surface area contributed by atoms with Gasteiger partial charge in [-0.05, 0) is 26.3 Å². The van der Waals surface area contributed by atoms with E-state index in [1.54, 1.807) is 0 Å². The van der Waals surface area contributed by atoms with Crippen LogP contribution in [0, 0.1) is 0 Å². The average Bonchev–Trinajstić information content (AvgIpc) is 2.49. The van der Waals surface area contributed by atoms with Gasteiger partial charge < -0.3 is 15.4 Å². The molecule has 1 rings (SSSR count). The molecule has 1 saturated heterocycles. The van der Waals surface area contributed by atoms with Crippen LogP contribution in [0.5, 0.6) is 0 Å². The molecule has 0 aromatic carbocycles. The van der Waals surface area contributed by atoms with Crippen LogP contribution >= 0.6 is 0 Å². The van der Waals surface area contributed by atoms with Gasteiger partial charge in [-0.3, -0.25) is 0 Å². The second-order valence-electron chi connectivity index (χ2n) is 3.44. The molecule has 1 amide bonds. The zero-order valence-electron chi connectivity index (χ0n) is 7.64. The predicted molar refractivity (Wildman–Crippen MR) is 46.0 cm³/mol. The maximum atomic E-state index is 10.7. The van der Waals surface area contributed by atoms with Crippen molar-refractivity contribution >= 4 is 6.09 Å². The van der Waals surface area contributed by atoms with E-state index in [4.69, 9.17) is 0 Å². The van der Waals surface area contributed by atoms with Gasteiger partial charge in [0, 0.05) is 12.1 Å². The van der Waals surface area contributed by atoms with Gasteiger partial charge in [0.15, 0.2) is 0 Å². The maximum Gasteiger partial charge on any atom is 0.406 e. The summed E-state index contributed by atoms with van der Waals surface area (Å²) in [6.45, 7) is 3.79. The van der Waals surface area contributed by atoms with Gasteiger partial charge in [-0.15, -0.1) is 0 Å². The molecule has 1 heterocycles. The molecule has 0 aromatic heterocycles. The SMILES string of the molecule is COC(=O)NCC1(C)CCCN1. The standard InChI is InChI=1S/C8H16N2O2/c1-8(4-3-5-10-8)6-9-7(11)12-2/h10H,3-6H2,1-2H3,(H,9,11). The topological polar surface area (TPSA) is 50.4 Å². The number of methoxy groups -OCH3 is 1. The van der Waals surface area contributed by atoms with Crippen LogP contribution in [0.2, 0.25) is 0 Å². The van der Waals surface area contributed by atoms with Crippen molar-refractivity contribution in [1.29, 1.82) is 0 Å². The molecule has 1 atom stereocenters. The molecule has 1 aliphatic rings. The summed E-state index contributed by atoms with van der Waals surface area (Å²) in [5.41, 5.74) is 0.0637. The average molecular weight is 172 g/mol. The maximum absolute atomic E-state index is 10.7. The van der Waals surface area contributed by atoms with Gasteiger partial charge in [0.2, 0.25) is 0 Å². The first-order valence-electron chi connectivity index (χ1n) is 4.23. The van der Waals surface area contributed by atoms with E-state index in [1.807, 2.05) is 0 Å². The van der Waals surface area contributed by atoms with E-state index in [-0.39, 0.29) is 11.6 Å². The highest BCUT2D eigenvalue weighted by Crippen LogP contribution is 2.16. The molecular weight excluding hydrogens is 156 g/mol. The molecule has 0 radical (unpaired) electrons. The van der Waals surface area contributed by atoms with Gasteiger partial charge >= 0.3 is 6.09 Å². The summed E-state index contributed by atoms with van der Waals surface area (Å²) in [6.07, 6.45) is 1.93. The number of nitrogens with one attached hydrogen (secondary N) is 2. The smallest absolute Gasteiger partial charge is 0.406 e. The van der Waals surface area contributed by atoms with Crippen molar-refractivity contribution in [1.82, 2.24) is 10.6 Å². The molecule has 1 aliphatic heterocycles. The lowest BCUT2D eigenvalue weighted by Crippen LogP contribution is -2.47. The first kappa shape index (κ1) is 9.32. The zero-order valence-corrected chi connectivity index (χ0v) is 7.64. The minimum atomic E-state index is -0.357. The molecule has 1 unspecified atom stereocenters. The van der Waals surface area contributed by atoms with E-state index in [2.05, 4.69) is 22.3 Å². The highest BCUT2D eigenvalue weighted by molar-refractivity contribution is 5.66. The fraction of sp³-hybridized carbons (Fsp3) is 0.875. The van der Waals surface area contributed by atoms with Crippen molar-refractivity contribution in [3.8, 4) is 0 Å². The Morgan fingerprint density at radius 1 is 1.75 bits per heavy atom. The minimum Gasteiger partial charge on any atom is -0.453 e. The summed E-state index contributed by atoms with van der Waals surface area (Å²) in [5.74, 6) is 0. The first-order chi connectivity index (χ1) is 5.66. The number of rotatable bonds is 2. The van der Waals surface area contributed by atoms with Crippen LogP contribution in [0.25, 0.3) is 0 Å². The Morgan fingerprint density at radius 2 is 2.50 bits per heavy atom. The molecule has 0 saturated carbocycles.